The molecule has 9 aromatic rings. The summed E-state index contributed by atoms with van der Waals surface area (Å²) >= 11 is 0. The Balaban J connectivity index is 1.28. The highest BCUT2D eigenvalue weighted by atomic mass is 19.1. The van der Waals surface area contributed by atoms with E-state index < -0.39 is 5.41 Å². The van der Waals surface area contributed by atoms with Crippen LogP contribution in [0.1, 0.15) is 22.3 Å². The molecular formula is C51H32FN. The van der Waals surface area contributed by atoms with Gasteiger partial charge in [0.2, 0.25) is 0 Å². The summed E-state index contributed by atoms with van der Waals surface area (Å²) in [6.45, 7) is 0. The Labute approximate surface area is 307 Å². The number of para-hydroxylation sites is 2. The van der Waals surface area contributed by atoms with E-state index in [1.807, 2.05) is 12.1 Å². The molecule has 0 radical (unpaired) electrons. The van der Waals surface area contributed by atoms with Crippen LogP contribution in [0.4, 0.5) is 21.5 Å². The molecule has 0 fully saturated rings. The molecule has 1 spiro atoms. The molecule has 0 aromatic heterocycles. The molecule has 248 valence electrons. The molecule has 0 bridgehead atoms. The first-order chi connectivity index (χ1) is 26.2. The van der Waals surface area contributed by atoms with Gasteiger partial charge in [-0.25, -0.2) is 4.39 Å². The van der Waals surface area contributed by atoms with Gasteiger partial charge in [-0.2, -0.15) is 0 Å². The molecule has 0 N–H and O–H groups in total. The largest absolute Gasteiger partial charge is 0.309 e. The molecular weight excluding hydrogens is 646 g/mol. The Morgan fingerprint density at radius 2 is 0.925 bits per heavy atom. The van der Waals surface area contributed by atoms with E-state index in [9.17, 15) is 0 Å². The van der Waals surface area contributed by atoms with Crippen LogP contribution in [0.5, 0.6) is 0 Å². The predicted octanol–water partition coefficient (Wildman–Crippen LogP) is 13.6. The average Bonchev–Trinajstić information content (AvgIpc) is 3.70. The molecule has 0 amide bonds. The van der Waals surface area contributed by atoms with Crippen LogP contribution in [0.15, 0.2) is 194 Å². The van der Waals surface area contributed by atoms with Gasteiger partial charge in [0.15, 0.2) is 0 Å². The molecule has 9 aromatic carbocycles. The number of hydrogen-bond donors (Lipinski definition) is 0. The predicted molar refractivity (Wildman–Crippen MR) is 218 cm³/mol. The zero-order chi connectivity index (χ0) is 35.1. The van der Waals surface area contributed by atoms with E-state index in [2.05, 4.69) is 181 Å². The standard InChI is InChI=1S/C51H32FN/c52-46-28-13-24-41-39(46)31-32-42-49-45(51(50(41)42)43-25-9-6-20-37(43)38-21-7-10-26-44(38)51)27-14-30-48(49)53(34-17-2-1-3-18-34)47-29-11-8-22-40(47)36-23-12-16-33-15-4-5-19-35(33)36/h1-32H. The molecule has 2 aliphatic carbocycles. The van der Waals surface area contributed by atoms with Crippen molar-refractivity contribution in [1.29, 1.82) is 0 Å². The molecule has 2 aliphatic rings. The van der Waals surface area contributed by atoms with E-state index in [4.69, 9.17) is 0 Å². The van der Waals surface area contributed by atoms with Gasteiger partial charge in [-0.3, -0.25) is 0 Å². The van der Waals surface area contributed by atoms with Crippen LogP contribution in [0, 0.1) is 5.82 Å². The van der Waals surface area contributed by atoms with Crippen molar-refractivity contribution in [2.75, 3.05) is 4.90 Å². The minimum Gasteiger partial charge on any atom is -0.309 e. The second-order valence-corrected chi connectivity index (χ2v) is 14.1. The topological polar surface area (TPSA) is 3.24 Å². The molecule has 1 nitrogen and oxygen atoms in total. The molecule has 0 atom stereocenters. The van der Waals surface area contributed by atoms with Crippen molar-refractivity contribution < 1.29 is 4.39 Å². The van der Waals surface area contributed by atoms with Crippen molar-refractivity contribution in [3.63, 3.8) is 0 Å². The van der Waals surface area contributed by atoms with Gasteiger partial charge in [0.25, 0.3) is 0 Å². The van der Waals surface area contributed by atoms with Crippen molar-refractivity contribution in [3.8, 4) is 33.4 Å². The quantitative estimate of drug-likeness (QED) is 0.179. The molecule has 2 heteroatoms. The van der Waals surface area contributed by atoms with Crippen LogP contribution < -0.4 is 4.90 Å². The van der Waals surface area contributed by atoms with Crippen molar-refractivity contribution in [2.24, 2.45) is 0 Å². The summed E-state index contributed by atoms with van der Waals surface area (Å²) in [6, 6.07) is 68.7. The second kappa shape index (κ2) is 11.4. The fraction of sp³-hybridized carbons (Fsp3) is 0.0196. The van der Waals surface area contributed by atoms with Crippen LogP contribution in [0.2, 0.25) is 0 Å². The first-order valence-electron chi connectivity index (χ1n) is 18.2. The Morgan fingerprint density at radius 3 is 1.74 bits per heavy atom. The lowest BCUT2D eigenvalue weighted by atomic mass is 9.69. The third-order valence-corrected chi connectivity index (χ3v) is 11.5. The second-order valence-electron chi connectivity index (χ2n) is 14.1. The number of benzene rings is 9. The number of nitrogens with zero attached hydrogens (tertiary/aromatic N) is 1. The summed E-state index contributed by atoms with van der Waals surface area (Å²) in [5.41, 5.74) is 14.5. The molecule has 0 heterocycles. The molecule has 0 saturated carbocycles. The maximum atomic E-state index is 15.8. The normalized spacial score (nSPS) is 13.2. The molecule has 11 rings (SSSR count). The van der Waals surface area contributed by atoms with Gasteiger partial charge in [0.1, 0.15) is 5.82 Å². The lowest BCUT2D eigenvalue weighted by Gasteiger charge is -2.33. The van der Waals surface area contributed by atoms with E-state index in [0.29, 0.717) is 5.39 Å². The number of fused-ring (bicyclic) bond motifs is 13. The first kappa shape index (κ1) is 29.9. The summed E-state index contributed by atoms with van der Waals surface area (Å²) in [5.74, 6) is -0.203. The average molecular weight is 678 g/mol. The maximum absolute atomic E-state index is 15.8. The van der Waals surface area contributed by atoms with Crippen LogP contribution in [0.3, 0.4) is 0 Å². The highest BCUT2D eigenvalue weighted by molar-refractivity contribution is 6.09. The highest BCUT2D eigenvalue weighted by Gasteiger charge is 2.53. The fourth-order valence-electron chi connectivity index (χ4n) is 9.52. The van der Waals surface area contributed by atoms with Gasteiger partial charge in [0.05, 0.1) is 16.8 Å². The van der Waals surface area contributed by atoms with Crippen molar-refractivity contribution >= 4 is 38.6 Å². The first-order valence-corrected chi connectivity index (χ1v) is 18.2. The van der Waals surface area contributed by atoms with E-state index in [1.165, 1.54) is 44.2 Å². The highest BCUT2D eigenvalue weighted by Crippen LogP contribution is 2.66. The SMILES string of the molecule is Fc1cccc2c3c(ccc12)-c1c(N(c2ccccc2)c2ccccc2-c2cccc4ccccc24)cccc1C31c2ccccc2-c2ccccc21. The smallest absolute Gasteiger partial charge is 0.131 e. The number of anilines is 3. The van der Waals surface area contributed by atoms with E-state index in [-0.39, 0.29) is 5.82 Å². The van der Waals surface area contributed by atoms with E-state index >= 15 is 4.39 Å². The zero-order valence-corrected chi connectivity index (χ0v) is 28.8. The van der Waals surface area contributed by atoms with Gasteiger partial charge in [-0.15, -0.1) is 0 Å². The minimum atomic E-state index is -0.640. The number of hydrogen-bond acceptors (Lipinski definition) is 1. The monoisotopic (exact) mass is 677 g/mol. The molecule has 53 heavy (non-hydrogen) atoms. The Hall–Kier alpha value is -6.77. The van der Waals surface area contributed by atoms with Gasteiger partial charge in [0, 0.05) is 22.2 Å². The van der Waals surface area contributed by atoms with Gasteiger partial charge in [-0.05, 0) is 91.0 Å². The lowest BCUT2D eigenvalue weighted by molar-refractivity contribution is 0.639. The summed E-state index contributed by atoms with van der Waals surface area (Å²) < 4.78 is 15.8. The van der Waals surface area contributed by atoms with Crippen LogP contribution in [-0.2, 0) is 5.41 Å². The Kier molecular flexibility index (Phi) is 6.41. The molecule has 0 saturated heterocycles. The summed E-state index contributed by atoms with van der Waals surface area (Å²) in [5, 5.41) is 4.01. The Bertz CT molecular complexity index is 2870. The summed E-state index contributed by atoms with van der Waals surface area (Å²) in [7, 11) is 0. The third kappa shape index (κ3) is 4.06. The maximum Gasteiger partial charge on any atom is 0.131 e. The number of halogens is 1. The lowest BCUT2D eigenvalue weighted by Crippen LogP contribution is -2.26. The van der Waals surface area contributed by atoms with Gasteiger partial charge >= 0.3 is 0 Å². The van der Waals surface area contributed by atoms with E-state index in [1.54, 1.807) is 6.07 Å². The van der Waals surface area contributed by atoms with Gasteiger partial charge in [-0.1, -0.05) is 164 Å². The Morgan fingerprint density at radius 1 is 0.358 bits per heavy atom. The molecule has 0 aliphatic heterocycles. The van der Waals surface area contributed by atoms with Crippen LogP contribution in [0.25, 0.3) is 54.9 Å². The zero-order valence-electron chi connectivity index (χ0n) is 28.8. The number of rotatable bonds is 4. The fourth-order valence-corrected chi connectivity index (χ4v) is 9.52. The van der Waals surface area contributed by atoms with Crippen molar-refractivity contribution in [2.45, 2.75) is 5.41 Å². The minimum absolute atomic E-state index is 0.203. The third-order valence-electron chi connectivity index (χ3n) is 11.5. The van der Waals surface area contributed by atoms with Gasteiger partial charge < -0.3 is 4.90 Å². The van der Waals surface area contributed by atoms with Crippen molar-refractivity contribution in [3.05, 3.63) is 222 Å². The van der Waals surface area contributed by atoms with Crippen molar-refractivity contribution in [1.82, 2.24) is 0 Å². The summed E-state index contributed by atoms with van der Waals surface area (Å²) in [4.78, 5) is 2.43. The molecule has 0 unspecified atom stereocenters. The van der Waals surface area contributed by atoms with Crippen LogP contribution in [-0.4, -0.2) is 0 Å². The van der Waals surface area contributed by atoms with E-state index in [0.717, 1.165) is 44.7 Å². The van der Waals surface area contributed by atoms with Crippen LogP contribution >= 0.6 is 0 Å². The summed E-state index contributed by atoms with van der Waals surface area (Å²) in [6.07, 6.45) is 0.